The van der Waals surface area contributed by atoms with E-state index in [1.807, 2.05) is 19.9 Å². The van der Waals surface area contributed by atoms with Crippen LogP contribution in [0.4, 0.5) is 5.69 Å². The van der Waals surface area contributed by atoms with E-state index in [-0.39, 0.29) is 11.7 Å². The standard InChI is InChI=1S/C12H14N4O2S/c1-3-10(13)12-15-14-11(19-12)8-4-7(2)5-9(6-8)16(17)18/h4-6,10H,3,13H2,1-2H3. The number of aromatic nitrogens is 2. The smallest absolute Gasteiger partial charge is 0.270 e. The summed E-state index contributed by atoms with van der Waals surface area (Å²) < 4.78 is 0. The Morgan fingerprint density at radius 3 is 2.79 bits per heavy atom. The van der Waals surface area contributed by atoms with Gasteiger partial charge in [-0.25, -0.2) is 0 Å². The Hall–Kier alpha value is -1.86. The minimum atomic E-state index is -0.407. The Kier molecular flexibility index (Phi) is 3.87. The molecule has 1 atom stereocenters. The van der Waals surface area contributed by atoms with Gasteiger partial charge in [0.15, 0.2) is 0 Å². The Morgan fingerprint density at radius 2 is 2.16 bits per heavy atom. The fourth-order valence-corrected chi connectivity index (χ4v) is 2.58. The van der Waals surface area contributed by atoms with Gasteiger partial charge < -0.3 is 5.73 Å². The third-order valence-corrected chi connectivity index (χ3v) is 3.82. The lowest BCUT2D eigenvalue weighted by Gasteiger charge is -2.01. The SMILES string of the molecule is CCC(N)c1nnc(-c2cc(C)cc([N+](=O)[O-])c2)s1. The van der Waals surface area contributed by atoms with E-state index in [2.05, 4.69) is 10.2 Å². The fraction of sp³-hybridized carbons (Fsp3) is 0.333. The highest BCUT2D eigenvalue weighted by Crippen LogP contribution is 2.30. The van der Waals surface area contributed by atoms with E-state index in [0.717, 1.165) is 17.0 Å². The lowest BCUT2D eigenvalue weighted by atomic mass is 10.1. The van der Waals surface area contributed by atoms with Gasteiger partial charge in [0.05, 0.1) is 11.0 Å². The van der Waals surface area contributed by atoms with E-state index in [0.29, 0.717) is 10.6 Å². The molecule has 0 saturated carbocycles. The van der Waals surface area contributed by atoms with Crippen molar-refractivity contribution >= 4 is 17.0 Å². The first kappa shape index (κ1) is 13.6. The van der Waals surface area contributed by atoms with Gasteiger partial charge in [0.2, 0.25) is 0 Å². The molecule has 0 amide bonds. The molecule has 100 valence electrons. The van der Waals surface area contributed by atoms with Crippen LogP contribution >= 0.6 is 11.3 Å². The van der Waals surface area contributed by atoms with E-state index >= 15 is 0 Å². The average molecular weight is 278 g/mol. The van der Waals surface area contributed by atoms with Crippen LogP contribution in [0.1, 0.15) is 30.0 Å². The molecule has 2 rings (SSSR count). The van der Waals surface area contributed by atoms with Crippen molar-refractivity contribution in [3.05, 3.63) is 38.9 Å². The first-order valence-corrected chi connectivity index (χ1v) is 6.68. The van der Waals surface area contributed by atoms with Gasteiger partial charge in [-0.05, 0) is 25.0 Å². The molecule has 1 unspecified atom stereocenters. The summed E-state index contributed by atoms with van der Waals surface area (Å²) in [5.41, 5.74) is 7.48. The van der Waals surface area contributed by atoms with Gasteiger partial charge in [-0.2, -0.15) is 0 Å². The van der Waals surface area contributed by atoms with Gasteiger partial charge in [-0.3, -0.25) is 10.1 Å². The molecule has 2 aromatic rings. The van der Waals surface area contributed by atoms with Crippen LogP contribution in [0, 0.1) is 17.0 Å². The fourth-order valence-electron chi connectivity index (χ4n) is 1.67. The molecule has 1 aromatic carbocycles. The van der Waals surface area contributed by atoms with E-state index < -0.39 is 4.92 Å². The number of benzene rings is 1. The molecule has 0 fully saturated rings. The van der Waals surface area contributed by atoms with Crippen LogP contribution in [-0.4, -0.2) is 15.1 Å². The van der Waals surface area contributed by atoms with Crippen LogP contribution in [0.15, 0.2) is 18.2 Å². The topological polar surface area (TPSA) is 94.9 Å². The Balaban J connectivity index is 2.41. The quantitative estimate of drug-likeness (QED) is 0.685. The molecule has 19 heavy (non-hydrogen) atoms. The number of nitro benzene ring substituents is 1. The Labute approximate surface area is 114 Å². The van der Waals surface area contributed by atoms with E-state index in [1.54, 1.807) is 0 Å². The van der Waals surface area contributed by atoms with Gasteiger partial charge in [-0.1, -0.05) is 18.3 Å². The molecule has 0 spiro atoms. The van der Waals surface area contributed by atoms with Crippen molar-refractivity contribution in [2.45, 2.75) is 26.3 Å². The second-order valence-electron chi connectivity index (χ2n) is 4.27. The largest absolute Gasteiger partial charge is 0.322 e. The monoisotopic (exact) mass is 278 g/mol. The lowest BCUT2D eigenvalue weighted by Crippen LogP contribution is -2.07. The predicted octanol–water partition coefficient (Wildman–Crippen LogP) is 2.83. The van der Waals surface area contributed by atoms with Crippen LogP contribution in [0.25, 0.3) is 10.6 Å². The van der Waals surface area contributed by atoms with Crippen LogP contribution < -0.4 is 5.73 Å². The molecule has 1 aromatic heterocycles. The summed E-state index contributed by atoms with van der Waals surface area (Å²) in [5, 5.41) is 20.4. The highest BCUT2D eigenvalue weighted by Gasteiger charge is 2.15. The number of rotatable bonds is 4. The lowest BCUT2D eigenvalue weighted by molar-refractivity contribution is -0.384. The highest BCUT2D eigenvalue weighted by atomic mass is 32.1. The summed E-state index contributed by atoms with van der Waals surface area (Å²) in [7, 11) is 0. The molecule has 7 heteroatoms. The zero-order valence-electron chi connectivity index (χ0n) is 10.7. The second kappa shape index (κ2) is 5.41. The minimum Gasteiger partial charge on any atom is -0.322 e. The molecule has 0 radical (unpaired) electrons. The summed E-state index contributed by atoms with van der Waals surface area (Å²) in [5.74, 6) is 0. The zero-order chi connectivity index (χ0) is 14.0. The molecule has 2 N–H and O–H groups in total. The van der Waals surface area contributed by atoms with Gasteiger partial charge >= 0.3 is 0 Å². The van der Waals surface area contributed by atoms with Crippen LogP contribution in [0.2, 0.25) is 0 Å². The van der Waals surface area contributed by atoms with E-state index in [9.17, 15) is 10.1 Å². The number of non-ortho nitro benzene ring substituents is 1. The van der Waals surface area contributed by atoms with Gasteiger partial charge in [0, 0.05) is 17.7 Å². The molecule has 6 nitrogen and oxygen atoms in total. The molecule has 0 bridgehead atoms. The maximum absolute atomic E-state index is 10.8. The molecule has 0 aliphatic heterocycles. The summed E-state index contributed by atoms with van der Waals surface area (Å²) in [6.07, 6.45) is 0.780. The third-order valence-electron chi connectivity index (χ3n) is 2.72. The van der Waals surface area contributed by atoms with Crippen molar-refractivity contribution in [2.24, 2.45) is 5.73 Å². The van der Waals surface area contributed by atoms with E-state index in [1.165, 1.54) is 23.5 Å². The number of hydrogen-bond donors (Lipinski definition) is 1. The summed E-state index contributed by atoms with van der Waals surface area (Å²) in [4.78, 5) is 10.4. The Bertz CT molecular complexity index is 612. The highest BCUT2D eigenvalue weighted by molar-refractivity contribution is 7.14. The maximum Gasteiger partial charge on any atom is 0.270 e. The first-order valence-electron chi connectivity index (χ1n) is 5.86. The van der Waals surface area contributed by atoms with E-state index in [4.69, 9.17) is 5.73 Å². The zero-order valence-corrected chi connectivity index (χ0v) is 11.5. The molecule has 0 aliphatic rings. The predicted molar refractivity (Wildman–Crippen MR) is 74.0 cm³/mol. The van der Waals surface area contributed by atoms with Gasteiger partial charge in [0.1, 0.15) is 10.0 Å². The normalized spacial score (nSPS) is 12.4. The number of hydrogen-bond acceptors (Lipinski definition) is 6. The van der Waals surface area contributed by atoms with Crippen molar-refractivity contribution < 1.29 is 4.92 Å². The summed E-state index contributed by atoms with van der Waals surface area (Å²) >= 11 is 1.38. The van der Waals surface area contributed by atoms with Gasteiger partial charge in [0.25, 0.3) is 5.69 Å². The van der Waals surface area contributed by atoms with Crippen molar-refractivity contribution in [3.63, 3.8) is 0 Å². The van der Waals surface area contributed by atoms with Crippen LogP contribution in [0.5, 0.6) is 0 Å². The number of nitrogens with two attached hydrogens (primary N) is 1. The third kappa shape index (κ3) is 2.94. The van der Waals surface area contributed by atoms with Crippen LogP contribution in [0.3, 0.4) is 0 Å². The average Bonchev–Trinajstić information content (AvgIpc) is 2.86. The van der Waals surface area contributed by atoms with Crippen molar-refractivity contribution in [1.29, 1.82) is 0 Å². The Morgan fingerprint density at radius 1 is 1.42 bits per heavy atom. The van der Waals surface area contributed by atoms with Crippen molar-refractivity contribution in [2.75, 3.05) is 0 Å². The summed E-state index contributed by atoms with van der Waals surface area (Å²) in [6, 6.07) is 4.76. The molecular weight excluding hydrogens is 264 g/mol. The molecular formula is C12H14N4O2S. The van der Waals surface area contributed by atoms with Crippen LogP contribution in [-0.2, 0) is 0 Å². The van der Waals surface area contributed by atoms with Crippen molar-refractivity contribution in [1.82, 2.24) is 10.2 Å². The molecule has 0 aliphatic carbocycles. The molecule has 0 saturated heterocycles. The number of nitro groups is 1. The minimum absolute atomic E-state index is 0.0616. The van der Waals surface area contributed by atoms with Gasteiger partial charge in [-0.15, -0.1) is 10.2 Å². The van der Waals surface area contributed by atoms with Crippen molar-refractivity contribution in [3.8, 4) is 10.6 Å². The molecule has 1 heterocycles. The number of nitrogens with zero attached hydrogens (tertiary/aromatic N) is 3. The second-order valence-corrected chi connectivity index (χ2v) is 5.28. The number of aryl methyl sites for hydroxylation is 1. The first-order chi connectivity index (χ1) is 9.01. The summed E-state index contributed by atoms with van der Waals surface area (Å²) in [6.45, 7) is 3.79. The maximum atomic E-state index is 10.8.